The molecule has 0 aliphatic rings. The van der Waals surface area contributed by atoms with E-state index in [1.54, 1.807) is 26.0 Å². The first-order valence-electron chi connectivity index (χ1n) is 4.77. The van der Waals surface area contributed by atoms with Crippen molar-refractivity contribution < 1.29 is 14.3 Å². The molecule has 4 nitrogen and oxygen atoms in total. The van der Waals surface area contributed by atoms with Crippen molar-refractivity contribution in [2.24, 2.45) is 5.92 Å². The van der Waals surface area contributed by atoms with Crippen molar-refractivity contribution in [3.8, 4) is 0 Å². The van der Waals surface area contributed by atoms with Gasteiger partial charge in [-0.15, -0.1) is 0 Å². The Balaban J connectivity index is 2.73. The van der Waals surface area contributed by atoms with Gasteiger partial charge in [0.1, 0.15) is 5.92 Å². The highest BCUT2D eigenvalue weighted by Crippen LogP contribution is 2.09. The van der Waals surface area contributed by atoms with Crippen LogP contribution in [0.1, 0.15) is 24.2 Å². The number of carbonyl (C=O) groups excluding carboxylic acids is 2. The molecule has 4 heteroatoms. The van der Waals surface area contributed by atoms with E-state index in [-0.39, 0.29) is 12.4 Å². The molecule has 0 saturated carbocycles. The van der Waals surface area contributed by atoms with Crippen molar-refractivity contribution in [3.63, 3.8) is 0 Å². The maximum absolute atomic E-state index is 11.7. The first-order chi connectivity index (χ1) is 7.16. The standard InChI is InChI=1S/C11H13NO3/c1-3-15-11(14)8(2)10(13)9-4-6-12-7-5-9/h4-8H,3H2,1-2H3/t8-/m0/s1. The van der Waals surface area contributed by atoms with Gasteiger partial charge in [0.25, 0.3) is 0 Å². The highest BCUT2D eigenvalue weighted by Gasteiger charge is 2.23. The van der Waals surface area contributed by atoms with Gasteiger partial charge >= 0.3 is 5.97 Å². The number of ketones is 1. The van der Waals surface area contributed by atoms with E-state index in [2.05, 4.69) is 4.98 Å². The van der Waals surface area contributed by atoms with Crippen LogP contribution in [0.25, 0.3) is 0 Å². The SMILES string of the molecule is CCOC(=O)[C@@H](C)C(=O)c1ccncc1. The zero-order valence-electron chi connectivity index (χ0n) is 8.77. The molecule has 15 heavy (non-hydrogen) atoms. The van der Waals surface area contributed by atoms with E-state index >= 15 is 0 Å². The summed E-state index contributed by atoms with van der Waals surface area (Å²) in [5, 5.41) is 0. The van der Waals surface area contributed by atoms with Crippen LogP contribution in [0.15, 0.2) is 24.5 Å². The van der Waals surface area contributed by atoms with Gasteiger partial charge in [0.2, 0.25) is 0 Å². The second-order valence-electron chi connectivity index (χ2n) is 3.07. The first-order valence-corrected chi connectivity index (χ1v) is 4.77. The molecule has 0 spiro atoms. The quantitative estimate of drug-likeness (QED) is 0.426. The minimum atomic E-state index is -0.757. The normalized spacial score (nSPS) is 11.9. The number of carbonyl (C=O) groups is 2. The van der Waals surface area contributed by atoms with E-state index in [9.17, 15) is 9.59 Å². The van der Waals surface area contributed by atoms with E-state index in [0.717, 1.165) is 0 Å². The van der Waals surface area contributed by atoms with Crippen LogP contribution in [0.3, 0.4) is 0 Å². The molecule has 0 aliphatic heterocycles. The number of Topliss-reactive ketones (excluding diaryl/α,β-unsaturated/α-hetero) is 1. The zero-order chi connectivity index (χ0) is 11.3. The first kappa shape index (κ1) is 11.4. The molecule has 0 N–H and O–H groups in total. The fraction of sp³-hybridized carbons (Fsp3) is 0.364. The van der Waals surface area contributed by atoms with Crippen LogP contribution in [0.5, 0.6) is 0 Å². The monoisotopic (exact) mass is 207 g/mol. The number of aromatic nitrogens is 1. The number of nitrogens with zero attached hydrogens (tertiary/aromatic N) is 1. The maximum Gasteiger partial charge on any atom is 0.316 e. The largest absolute Gasteiger partial charge is 0.465 e. The fourth-order valence-electron chi connectivity index (χ4n) is 1.14. The third-order valence-electron chi connectivity index (χ3n) is 2.00. The van der Waals surface area contributed by atoms with Gasteiger partial charge in [0.05, 0.1) is 6.61 Å². The van der Waals surface area contributed by atoms with Crippen LogP contribution < -0.4 is 0 Å². The molecule has 0 aliphatic carbocycles. The summed E-state index contributed by atoms with van der Waals surface area (Å²) < 4.78 is 4.77. The molecule has 1 rings (SSSR count). The summed E-state index contributed by atoms with van der Waals surface area (Å²) in [5.41, 5.74) is 0.477. The number of hydrogen-bond donors (Lipinski definition) is 0. The van der Waals surface area contributed by atoms with Gasteiger partial charge < -0.3 is 4.74 Å². The lowest BCUT2D eigenvalue weighted by Gasteiger charge is -2.08. The van der Waals surface area contributed by atoms with Crippen LogP contribution >= 0.6 is 0 Å². The lowest BCUT2D eigenvalue weighted by atomic mass is 10.0. The Labute approximate surface area is 88.3 Å². The van der Waals surface area contributed by atoms with Crippen LogP contribution in [0.4, 0.5) is 0 Å². The van der Waals surface area contributed by atoms with Crippen molar-refractivity contribution in [2.45, 2.75) is 13.8 Å². The third-order valence-corrected chi connectivity index (χ3v) is 2.00. The number of pyridine rings is 1. The molecule has 0 fully saturated rings. The van der Waals surface area contributed by atoms with Gasteiger partial charge in [-0.2, -0.15) is 0 Å². The molecular weight excluding hydrogens is 194 g/mol. The Morgan fingerprint density at radius 3 is 2.53 bits per heavy atom. The summed E-state index contributed by atoms with van der Waals surface area (Å²) in [7, 11) is 0. The molecule has 1 aromatic rings. The van der Waals surface area contributed by atoms with Crippen LogP contribution in [0.2, 0.25) is 0 Å². The lowest BCUT2D eigenvalue weighted by molar-refractivity contribution is -0.145. The van der Waals surface area contributed by atoms with Crippen molar-refractivity contribution in [3.05, 3.63) is 30.1 Å². The van der Waals surface area contributed by atoms with E-state index in [0.29, 0.717) is 5.56 Å². The number of ether oxygens (including phenoxy) is 1. The molecule has 0 amide bonds. The second-order valence-corrected chi connectivity index (χ2v) is 3.07. The van der Waals surface area contributed by atoms with E-state index in [1.807, 2.05) is 0 Å². The van der Waals surface area contributed by atoms with Gasteiger partial charge in [-0.25, -0.2) is 0 Å². The van der Waals surface area contributed by atoms with Crippen molar-refractivity contribution >= 4 is 11.8 Å². The Bertz CT molecular complexity index is 348. The van der Waals surface area contributed by atoms with E-state index < -0.39 is 11.9 Å². The highest BCUT2D eigenvalue weighted by atomic mass is 16.5. The highest BCUT2D eigenvalue weighted by molar-refractivity contribution is 6.08. The molecule has 1 heterocycles. The zero-order valence-corrected chi connectivity index (χ0v) is 8.77. The molecule has 80 valence electrons. The maximum atomic E-state index is 11.7. The molecule has 0 bridgehead atoms. The van der Waals surface area contributed by atoms with Crippen molar-refractivity contribution in [1.29, 1.82) is 0 Å². The molecule has 1 atom stereocenters. The smallest absolute Gasteiger partial charge is 0.316 e. The average Bonchev–Trinajstić information content (AvgIpc) is 2.28. The molecular formula is C11H13NO3. The summed E-state index contributed by atoms with van der Waals surface area (Å²) in [6, 6.07) is 3.16. The van der Waals surface area contributed by atoms with Gasteiger partial charge in [-0.3, -0.25) is 14.6 Å². The summed E-state index contributed by atoms with van der Waals surface area (Å²) in [6.45, 7) is 3.54. The Hall–Kier alpha value is -1.71. The summed E-state index contributed by atoms with van der Waals surface area (Å²) in [6.07, 6.45) is 3.04. The molecule has 1 aromatic heterocycles. The van der Waals surface area contributed by atoms with Crippen LogP contribution in [-0.4, -0.2) is 23.3 Å². The minimum Gasteiger partial charge on any atom is -0.465 e. The van der Waals surface area contributed by atoms with Gasteiger partial charge in [0.15, 0.2) is 5.78 Å². The summed E-state index contributed by atoms with van der Waals surface area (Å²) >= 11 is 0. The Morgan fingerprint density at radius 2 is 2.00 bits per heavy atom. The van der Waals surface area contributed by atoms with Gasteiger partial charge in [-0.05, 0) is 26.0 Å². The lowest BCUT2D eigenvalue weighted by Crippen LogP contribution is -2.23. The van der Waals surface area contributed by atoms with E-state index in [4.69, 9.17) is 4.74 Å². The molecule has 0 radical (unpaired) electrons. The third kappa shape index (κ3) is 2.87. The molecule has 0 aromatic carbocycles. The van der Waals surface area contributed by atoms with Gasteiger partial charge in [0, 0.05) is 18.0 Å². The van der Waals surface area contributed by atoms with Crippen LogP contribution in [0, 0.1) is 5.92 Å². The predicted molar refractivity (Wildman–Crippen MR) is 54.4 cm³/mol. The van der Waals surface area contributed by atoms with Crippen molar-refractivity contribution in [1.82, 2.24) is 4.98 Å². The second kappa shape index (κ2) is 5.24. The fourth-order valence-corrected chi connectivity index (χ4v) is 1.14. The summed E-state index contributed by atoms with van der Waals surface area (Å²) in [4.78, 5) is 26.8. The predicted octanol–water partition coefficient (Wildman–Crippen LogP) is 1.46. The number of hydrogen-bond acceptors (Lipinski definition) is 4. The van der Waals surface area contributed by atoms with Crippen LogP contribution in [-0.2, 0) is 9.53 Å². The van der Waals surface area contributed by atoms with Gasteiger partial charge in [-0.1, -0.05) is 0 Å². The number of rotatable bonds is 4. The van der Waals surface area contributed by atoms with E-state index in [1.165, 1.54) is 12.4 Å². The minimum absolute atomic E-state index is 0.240. The average molecular weight is 207 g/mol. The Morgan fingerprint density at radius 1 is 1.40 bits per heavy atom. The van der Waals surface area contributed by atoms with Crippen molar-refractivity contribution in [2.75, 3.05) is 6.61 Å². The summed E-state index contributed by atoms with van der Waals surface area (Å²) in [5.74, 6) is -1.48. The number of esters is 1. The molecule has 0 unspecified atom stereocenters. The topological polar surface area (TPSA) is 56.3 Å². The Kier molecular flexibility index (Phi) is 3.97. The molecule has 0 saturated heterocycles.